The topological polar surface area (TPSA) is 22.1 Å². The minimum Gasteiger partial charge on any atom is -0.494 e. The van der Waals surface area contributed by atoms with Gasteiger partial charge >= 0.3 is 0 Å². The minimum atomic E-state index is -1.12. The second kappa shape index (κ2) is 8.14. The molecule has 0 saturated heterocycles. The molecule has 114 valence electrons. The molecule has 0 bridgehead atoms. The van der Waals surface area contributed by atoms with Crippen molar-refractivity contribution in [1.29, 1.82) is 0 Å². The Balaban J connectivity index is 1.96. The minimum absolute atomic E-state index is 0.332. The van der Waals surface area contributed by atoms with Crippen LogP contribution in [0, 0.1) is 23.6 Å². The molecular weight excluding hydrogens is 284 g/mol. The molecule has 0 spiro atoms. The average Bonchev–Trinajstić information content (AvgIpc) is 2.54. The molecule has 0 saturated carbocycles. The Kier molecular flexibility index (Phi) is 5.91. The lowest BCUT2D eigenvalue weighted by atomic mass is 10.2. The van der Waals surface area contributed by atoms with Crippen LogP contribution < -0.4 is 4.74 Å². The van der Waals surface area contributed by atoms with Crippen molar-refractivity contribution in [3.63, 3.8) is 0 Å². The van der Waals surface area contributed by atoms with Crippen LogP contribution in [-0.4, -0.2) is 11.6 Å². The highest BCUT2D eigenvalue weighted by Gasteiger charge is 2.01. The number of unbranched alkanes of at least 4 members (excludes halogenated alkanes) is 2. The first-order valence-electron chi connectivity index (χ1n) is 7.25. The lowest BCUT2D eigenvalue weighted by molar-refractivity contribution is 0.306. The molecule has 0 atom stereocenters. The van der Waals surface area contributed by atoms with Gasteiger partial charge in [0.25, 0.3) is 0 Å². The van der Waals surface area contributed by atoms with Crippen molar-refractivity contribution in [2.75, 3.05) is 6.61 Å². The van der Waals surface area contributed by atoms with Gasteiger partial charge in [-0.15, -0.1) is 0 Å². The van der Waals surface area contributed by atoms with E-state index in [0.717, 1.165) is 36.6 Å². The number of ether oxygens (including phenoxy) is 1. The van der Waals surface area contributed by atoms with Gasteiger partial charge in [0.1, 0.15) is 5.75 Å². The van der Waals surface area contributed by atoms with E-state index < -0.39 is 11.8 Å². The van der Waals surface area contributed by atoms with E-state index in [-0.39, 0.29) is 0 Å². The normalized spacial score (nSPS) is 9.95. The second-order valence-electron chi connectivity index (χ2n) is 4.83. The third-order valence-corrected chi connectivity index (χ3v) is 3.02. The molecule has 0 unspecified atom stereocenters. The summed E-state index contributed by atoms with van der Waals surface area (Å²) >= 11 is 0. The maximum Gasteiger partial charge on any atom is 0.248 e. The quantitative estimate of drug-likeness (QED) is 0.466. The number of rotatable bonds is 5. The van der Waals surface area contributed by atoms with Crippen molar-refractivity contribution in [1.82, 2.24) is 4.98 Å². The maximum absolute atomic E-state index is 13.0. The Hall–Kier alpha value is -2.41. The van der Waals surface area contributed by atoms with Crippen LogP contribution in [0.3, 0.4) is 0 Å². The van der Waals surface area contributed by atoms with Gasteiger partial charge in [-0.2, -0.15) is 4.39 Å². The first kappa shape index (κ1) is 16.0. The van der Waals surface area contributed by atoms with Crippen LogP contribution in [0.5, 0.6) is 5.75 Å². The van der Waals surface area contributed by atoms with E-state index in [4.69, 9.17) is 4.74 Å². The summed E-state index contributed by atoms with van der Waals surface area (Å²) in [5.74, 6) is 4.31. The van der Waals surface area contributed by atoms with Gasteiger partial charge in [0.2, 0.25) is 5.95 Å². The van der Waals surface area contributed by atoms with E-state index >= 15 is 0 Å². The molecule has 1 heterocycles. The molecule has 0 N–H and O–H groups in total. The van der Waals surface area contributed by atoms with E-state index in [9.17, 15) is 8.78 Å². The van der Waals surface area contributed by atoms with Crippen LogP contribution >= 0.6 is 0 Å². The first-order valence-corrected chi connectivity index (χ1v) is 7.25. The van der Waals surface area contributed by atoms with Gasteiger partial charge in [-0.25, -0.2) is 9.37 Å². The predicted molar refractivity (Wildman–Crippen MR) is 81.6 cm³/mol. The van der Waals surface area contributed by atoms with E-state index in [1.165, 1.54) is 6.20 Å². The highest BCUT2D eigenvalue weighted by atomic mass is 19.2. The fourth-order valence-electron chi connectivity index (χ4n) is 1.81. The zero-order valence-electron chi connectivity index (χ0n) is 12.4. The molecule has 22 heavy (non-hydrogen) atoms. The Morgan fingerprint density at radius 1 is 1.05 bits per heavy atom. The third kappa shape index (κ3) is 4.85. The number of nitrogens with zero attached hydrogens (tertiary/aromatic N) is 1. The molecule has 0 amide bonds. The zero-order valence-corrected chi connectivity index (χ0v) is 12.4. The molecule has 2 rings (SSSR count). The summed E-state index contributed by atoms with van der Waals surface area (Å²) in [7, 11) is 0. The van der Waals surface area contributed by atoms with Gasteiger partial charge in [0.15, 0.2) is 5.82 Å². The van der Waals surface area contributed by atoms with Gasteiger partial charge < -0.3 is 4.74 Å². The van der Waals surface area contributed by atoms with Crippen molar-refractivity contribution in [3.05, 3.63) is 59.4 Å². The average molecular weight is 301 g/mol. The summed E-state index contributed by atoms with van der Waals surface area (Å²) in [4.78, 5) is 3.29. The third-order valence-electron chi connectivity index (χ3n) is 3.02. The van der Waals surface area contributed by atoms with E-state index in [1.54, 1.807) is 0 Å². The largest absolute Gasteiger partial charge is 0.494 e. The molecule has 0 fully saturated rings. The van der Waals surface area contributed by atoms with Gasteiger partial charge in [0.05, 0.1) is 6.61 Å². The highest BCUT2D eigenvalue weighted by molar-refractivity contribution is 5.43. The number of hydrogen-bond acceptors (Lipinski definition) is 2. The number of halogens is 2. The van der Waals surface area contributed by atoms with Crippen molar-refractivity contribution in [3.8, 4) is 17.6 Å². The van der Waals surface area contributed by atoms with Crippen LogP contribution in [0.1, 0.15) is 37.3 Å². The summed E-state index contributed by atoms with van der Waals surface area (Å²) in [6.07, 6.45) is 4.57. The number of hydrogen-bond donors (Lipinski definition) is 0. The molecule has 1 aromatic heterocycles. The van der Waals surface area contributed by atoms with Crippen molar-refractivity contribution in [2.24, 2.45) is 0 Å². The highest BCUT2D eigenvalue weighted by Crippen LogP contribution is 2.12. The number of pyridine rings is 1. The van der Waals surface area contributed by atoms with Gasteiger partial charge in [-0.05, 0) is 36.8 Å². The summed E-state index contributed by atoms with van der Waals surface area (Å²) in [6, 6.07) is 8.38. The van der Waals surface area contributed by atoms with Gasteiger partial charge in [0, 0.05) is 17.3 Å². The Morgan fingerprint density at radius 2 is 1.77 bits per heavy atom. The number of aromatic nitrogens is 1. The van der Waals surface area contributed by atoms with Crippen LogP contribution in [0.2, 0.25) is 0 Å². The molecule has 2 nitrogen and oxygen atoms in total. The van der Waals surface area contributed by atoms with Crippen molar-refractivity contribution in [2.45, 2.75) is 26.2 Å². The summed E-state index contributed by atoms with van der Waals surface area (Å²) in [5, 5.41) is 0. The van der Waals surface area contributed by atoms with Crippen LogP contribution in [0.15, 0.2) is 36.5 Å². The summed E-state index contributed by atoms with van der Waals surface area (Å²) in [6.45, 7) is 2.86. The van der Waals surface area contributed by atoms with E-state index in [1.807, 2.05) is 24.3 Å². The van der Waals surface area contributed by atoms with Gasteiger partial charge in [-0.1, -0.05) is 31.6 Å². The van der Waals surface area contributed by atoms with Crippen LogP contribution in [0.25, 0.3) is 0 Å². The molecule has 2 aromatic rings. The fraction of sp³-hybridized carbons (Fsp3) is 0.278. The SMILES string of the molecule is CCCCCOc1ccc(C#Cc2cnc(F)c(F)c2)cc1. The maximum atomic E-state index is 13.0. The van der Waals surface area contributed by atoms with E-state index in [0.29, 0.717) is 12.2 Å². The molecule has 4 heteroatoms. The Morgan fingerprint density at radius 3 is 2.45 bits per heavy atom. The zero-order chi connectivity index (χ0) is 15.8. The van der Waals surface area contributed by atoms with Crippen molar-refractivity contribution >= 4 is 0 Å². The summed E-state index contributed by atoms with van der Waals surface area (Å²) in [5.41, 5.74) is 1.10. The molecule has 0 aliphatic heterocycles. The second-order valence-corrected chi connectivity index (χ2v) is 4.83. The first-order chi connectivity index (χ1) is 10.7. The molecular formula is C18H17F2NO. The monoisotopic (exact) mass is 301 g/mol. The molecule has 0 aliphatic carbocycles. The Bertz CT molecular complexity index is 672. The van der Waals surface area contributed by atoms with E-state index in [2.05, 4.69) is 23.7 Å². The predicted octanol–water partition coefficient (Wildman–Crippen LogP) is 4.33. The lowest BCUT2D eigenvalue weighted by Crippen LogP contribution is -1.96. The van der Waals surface area contributed by atoms with Gasteiger partial charge in [-0.3, -0.25) is 0 Å². The Labute approximate surface area is 129 Å². The lowest BCUT2D eigenvalue weighted by Gasteiger charge is -2.05. The molecule has 0 radical (unpaired) electrons. The fourth-order valence-corrected chi connectivity index (χ4v) is 1.81. The van der Waals surface area contributed by atoms with Crippen LogP contribution in [0.4, 0.5) is 8.78 Å². The van der Waals surface area contributed by atoms with Crippen molar-refractivity contribution < 1.29 is 13.5 Å². The number of benzene rings is 1. The summed E-state index contributed by atoms with van der Waals surface area (Å²) < 4.78 is 31.3. The molecule has 0 aliphatic rings. The molecule has 1 aromatic carbocycles. The smallest absolute Gasteiger partial charge is 0.248 e. The van der Waals surface area contributed by atoms with Crippen LogP contribution in [-0.2, 0) is 0 Å². The standard InChI is InChI=1S/C18H17F2NO/c1-2-3-4-11-22-16-9-7-14(8-10-16)5-6-15-12-17(19)18(20)21-13-15/h7-10,12-13H,2-4,11H2,1H3.